The van der Waals surface area contributed by atoms with E-state index in [0.717, 1.165) is 48.2 Å². The third-order valence-electron chi connectivity index (χ3n) is 3.83. The Bertz CT molecular complexity index is 675. The molecule has 0 spiro atoms. The summed E-state index contributed by atoms with van der Waals surface area (Å²) < 4.78 is 1.76. The van der Waals surface area contributed by atoms with E-state index < -0.39 is 0 Å². The number of benzene rings is 1. The van der Waals surface area contributed by atoms with Gasteiger partial charge in [-0.3, -0.25) is 4.79 Å². The molecular weight excluding hydrogens is 264 g/mol. The van der Waals surface area contributed by atoms with Gasteiger partial charge in [-0.05, 0) is 43.0 Å². The summed E-state index contributed by atoms with van der Waals surface area (Å²) in [6.45, 7) is 2.85. The molecule has 5 nitrogen and oxygen atoms in total. The highest BCUT2D eigenvalue weighted by Crippen LogP contribution is 2.21. The molecule has 0 aliphatic carbocycles. The molecule has 0 bridgehead atoms. The molecule has 1 aliphatic heterocycles. The second kappa shape index (κ2) is 5.60. The van der Waals surface area contributed by atoms with Gasteiger partial charge in [0.2, 0.25) is 0 Å². The maximum atomic E-state index is 11.8. The number of unbranched alkanes of at least 4 members (excludes halogenated alkanes) is 1. The van der Waals surface area contributed by atoms with E-state index >= 15 is 0 Å². The molecular formula is C16H20N4O. The Balaban J connectivity index is 1.93. The van der Waals surface area contributed by atoms with Gasteiger partial charge in [0.15, 0.2) is 0 Å². The maximum absolute atomic E-state index is 11.8. The first-order chi connectivity index (χ1) is 10.2. The number of nitrogen functional groups attached to an aromatic ring is 1. The van der Waals surface area contributed by atoms with Crippen molar-refractivity contribution in [3.63, 3.8) is 0 Å². The summed E-state index contributed by atoms with van der Waals surface area (Å²) in [4.78, 5) is 11.8. The molecule has 21 heavy (non-hydrogen) atoms. The number of hydrogen-bond donors (Lipinski definition) is 2. The molecule has 2 aromatic rings. The number of carbonyl (C=O) groups is 1. The summed E-state index contributed by atoms with van der Waals surface area (Å²) >= 11 is 0. The van der Waals surface area contributed by atoms with Crippen LogP contribution in [0.3, 0.4) is 0 Å². The zero-order valence-corrected chi connectivity index (χ0v) is 12.2. The predicted octanol–water partition coefficient (Wildman–Crippen LogP) is 2.08. The van der Waals surface area contributed by atoms with Gasteiger partial charge in [-0.2, -0.15) is 5.10 Å². The maximum Gasteiger partial charge on any atom is 0.251 e. The number of carbonyl (C=O) groups excluding carboxylic acids is 1. The summed E-state index contributed by atoms with van der Waals surface area (Å²) in [5, 5.41) is 7.43. The van der Waals surface area contributed by atoms with Crippen LogP contribution < -0.4 is 11.1 Å². The van der Waals surface area contributed by atoms with Crippen molar-refractivity contribution in [1.82, 2.24) is 15.1 Å². The highest BCUT2D eigenvalue weighted by atomic mass is 16.1. The number of aryl methyl sites for hydroxylation is 1. The smallest absolute Gasteiger partial charge is 0.251 e. The van der Waals surface area contributed by atoms with Crippen molar-refractivity contribution in [2.24, 2.45) is 0 Å². The van der Waals surface area contributed by atoms with Gasteiger partial charge >= 0.3 is 0 Å². The van der Waals surface area contributed by atoms with Crippen LogP contribution in [0.2, 0.25) is 0 Å². The third-order valence-corrected chi connectivity index (χ3v) is 3.83. The van der Waals surface area contributed by atoms with Gasteiger partial charge in [0.1, 0.15) is 5.82 Å². The Kier molecular flexibility index (Phi) is 3.64. The van der Waals surface area contributed by atoms with Crippen LogP contribution in [-0.4, -0.2) is 22.2 Å². The number of rotatable bonds is 4. The highest BCUT2D eigenvalue weighted by molar-refractivity contribution is 5.96. The number of hydrogen-bond acceptors (Lipinski definition) is 3. The second-order valence-electron chi connectivity index (χ2n) is 5.42. The van der Waals surface area contributed by atoms with Crippen molar-refractivity contribution in [2.45, 2.75) is 32.6 Å². The Morgan fingerprint density at radius 2 is 2.24 bits per heavy atom. The van der Waals surface area contributed by atoms with Crippen molar-refractivity contribution >= 4 is 11.7 Å². The minimum Gasteiger partial charge on any atom is -0.384 e. The number of nitrogens with two attached hydrogens (primary N) is 1. The molecule has 1 amide bonds. The number of anilines is 1. The Morgan fingerprint density at radius 1 is 1.38 bits per heavy atom. The van der Waals surface area contributed by atoms with Crippen molar-refractivity contribution < 1.29 is 4.79 Å². The fourth-order valence-electron chi connectivity index (χ4n) is 2.68. The van der Waals surface area contributed by atoms with Gasteiger partial charge in [0, 0.05) is 18.2 Å². The van der Waals surface area contributed by atoms with Gasteiger partial charge in [-0.1, -0.05) is 13.3 Å². The van der Waals surface area contributed by atoms with Crippen molar-refractivity contribution in [3.8, 4) is 5.69 Å². The van der Waals surface area contributed by atoms with Crippen LogP contribution in [0, 0.1) is 0 Å². The number of aromatic nitrogens is 2. The van der Waals surface area contributed by atoms with Crippen LogP contribution in [0.25, 0.3) is 5.69 Å². The average Bonchev–Trinajstić information content (AvgIpc) is 2.86. The van der Waals surface area contributed by atoms with E-state index in [0.29, 0.717) is 12.4 Å². The molecule has 0 fully saturated rings. The highest BCUT2D eigenvalue weighted by Gasteiger charge is 2.17. The molecule has 0 saturated heterocycles. The SMILES string of the molecule is CCCCc1cc(N)n(-c2ccc3c(c2)CCNC3=O)n1. The second-order valence-corrected chi connectivity index (χ2v) is 5.42. The van der Waals surface area contributed by atoms with E-state index in [-0.39, 0.29) is 5.91 Å². The molecule has 2 heterocycles. The molecule has 110 valence electrons. The standard InChI is InChI=1S/C16H20N4O/c1-2-3-4-12-10-15(17)20(19-12)13-5-6-14-11(9-13)7-8-18-16(14)21/h5-6,9-10H,2-4,7-8,17H2,1H3,(H,18,21). The van der Waals surface area contributed by atoms with E-state index in [9.17, 15) is 4.79 Å². The lowest BCUT2D eigenvalue weighted by Crippen LogP contribution is -2.31. The number of nitrogens with one attached hydrogen (secondary N) is 1. The zero-order chi connectivity index (χ0) is 14.8. The normalized spacial score (nSPS) is 13.9. The van der Waals surface area contributed by atoms with E-state index in [1.165, 1.54) is 0 Å². The molecule has 0 unspecified atom stereocenters. The van der Waals surface area contributed by atoms with Gasteiger partial charge in [-0.25, -0.2) is 4.68 Å². The summed E-state index contributed by atoms with van der Waals surface area (Å²) in [5.74, 6) is 0.640. The molecule has 1 aliphatic rings. The van der Waals surface area contributed by atoms with Crippen molar-refractivity contribution in [3.05, 3.63) is 41.1 Å². The van der Waals surface area contributed by atoms with Crippen LogP contribution in [0.1, 0.15) is 41.4 Å². The number of fused-ring (bicyclic) bond motifs is 1. The van der Waals surface area contributed by atoms with Gasteiger partial charge in [-0.15, -0.1) is 0 Å². The van der Waals surface area contributed by atoms with Gasteiger partial charge in [0.25, 0.3) is 5.91 Å². The van der Waals surface area contributed by atoms with Gasteiger partial charge < -0.3 is 11.1 Å². The molecule has 3 rings (SSSR count). The van der Waals surface area contributed by atoms with Crippen molar-refractivity contribution in [1.29, 1.82) is 0 Å². The topological polar surface area (TPSA) is 72.9 Å². The molecule has 0 radical (unpaired) electrons. The Hall–Kier alpha value is -2.30. The van der Waals surface area contributed by atoms with E-state index in [1.807, 2.05) is 24.3 Å². The third kappa shape index (κ3) is 2.63. The number of amides is 1. The van der Waals surface area contributed by atoms with E-state index in [2.05, 4.69) is 17.3 Å². The summed E-state index contributed by atoms with van der Waals surface area (Å²) in [7, 11) is 0. The first-order valence-corrected chi connectivity index (χ1v) is 7.45. The predicted molar refractivity (Wildman–Crippen MR) is 82.6 cm³/mol. The lowest BCUT2D eigenvalue weighted by molar-refractivity contribution is 0.0946. The van der Waals surface area contributed by atoms with Crippen molar-refractivity contribution in [2.75, 3.05) is 12.3 Å². The molecule has 1 aromatic heterocycles. The summed E-state index contributed by atoms with van der Waals surface area (Å²) in [5.41, 5.74) is 9.82. The molecule has 1 aromatic carbocycles. The number of nitrogens with zero attached hydrogens (tertiary/aromatic N) is 2. The van der Waals surface area contributed by atoms with E-state index in [1.54, 1.807) is 4.68 Å². The zero-order valence-electron chi connectivity index (χ0n) is 12.2. The van der Waals surface area contributed by atoms with Crippen LogP contribution in [-0.2, 0) is 12.8 Å². The summed E-state index contributed by atoms with van der Waals surface area (Å²) in [6, 6.07) is 7.70. The largest absolute Gasteiger partial charge is 0.384 e. The minimum absolute atomic E-state index is 0.000118. The molecule has 5 heteroatoms. The monoisotopic (exact) mass is 284 g/mol. The lowest BCUT2D eigenvalue weighted by Gasteiger charge is -2.17. The Morgan fingerprint density at radius 3 is 3.05 bits per heavy atom. The Labute approximate surface area is 124 Å². The lowest BCUT2D eigenvalue weighted by atomic mass is 10.00. The van der Waals surface area contributed by atoms with Crippen LogP contribution in [0.15, 0.2) is 24.3 Å². The van der Waals surface area contributed by atoms with Crippen LogP contribution in [0.4, 0.5) is 5.82 Å². The van der Waals surface area contributed by atoms with Gasteiger partial charge in [0.05, 0.1) is 11.4 Å². The van der Waals surface area contributed by atoms with Crippen LogP contribution >= 0.6 is 0 Å². The first-order valence-electron chi connectivity index (χ1n) is 7.45. The fraction of sp³-hybridized carbons (Fsp3) is 0.375. The first kappa shape index (κ1) is 13.7. The molecule has 3 N–H and O–H groups in total. The van der Waals surface area contributed by atoms with E-state index in [4.69, 9.17) is 5.73 Å². The minimum atomic E-state index is -0.000118. The summed E-state index contributed by atoms with van der Waals surface area (Å²) in [6.07, 6.45) is 4.04. The van der Waals surface area contributed by atoms with Crippen LogP contribution in [0.5, 0.6) is 0 Å². The fourth-order valence-corrected chi connectivity index (χ4v) is 2.68. The molecule has 0 saturated carbocycles. The average molecular weight is 284 g/mol. The molecule has 0 atom stereocenters. The quantitative estimate of drug-likeness (QED) is 0.903.